The van der Waals surface area contributed by atoms with Gasteiger partial charge in [-0.15, -0.1) is 0 Å². The Morgan fingerprint density at radius 2 is 1.81 bits per heavy atom. The molecule has 3 rings (SSSR count). The van der Waals surface area contributed by atoms with Crippen molar-refractivity contribution in [2.75, 3.05) is 18.0 Å². The first-order valence-electron chi connectivity index (χ1n) is 9.95. The van der Waals surface area contributed by atoms with E-state index in [0.29, 0.717) is 6.54 Å². The van der Waals surface area contributed by atoms with E-state index in [1.165, 1.54) is 12.1 Å². The van der Waals surface area contributed by atoms with Crippen molar-refractivity contribution in [2.24, 2.45) is 5.10 Å². The van der Waals surface area contributed by atoms with Crippen molar-refractivity contribution in [1.82, 2.24) is 15.2 Å². The van der Waals surface area contributed by atoms with E-state index in [0.717, 1.165) is 29.9 Å². The minimum absolute atomic E-state index is 0.0323. The first-order chi connectivity index (χ1) is 15.0. The molecule has 0 spiro atoms. The van der Waals surface area contributed by atoms with Crippen LogP contribution in [0.3, 0.4) is 0 Å². The number of nitro benzene ring substituents is 1. The Bertz CT molecular complexity index is 1050. The molecule has 1 aromatic heterocycles. The predicted molar refractivity (Wildman–Crippen MR) is 119 cm³/mol. The highest BCUT2D eigenvalue weighted by Crippen LogP contribution is 2.14. The molecule has 0 saturated carbocycles. The van der Waals surface area contributed by atoms with Crippen LogP contribution in [0.25, 0.3) is 0 Å². The van der Waals surface area contributed by atoms with Crippen LogP contribution in [0.5, 0.6) is 0 Å². The van der Waals surface area contributed by atoms with Gasteiger partial charge in [0.1, 0.15) is 0 Å². The van der Waals surface area contributed by atoms with E-state index in [9.17, 15) is 14.9 Å². The van der Waals surface area contributed by atoms with Crippen molar-refractivity contribution < 1.29 is 9.72 Å². The molecule has 9 heteroatoms. The van der Waals surface area contributed by atoms with Crippen LogP contribution in [-0.4, -0.2) is 39.9 Å². The number of hydrazone groups is 1. The second-order valence-electron chi connectivity index (χ2n) is 6.79. The van der Waals surface area contributed by atoms with Gasteiger partial charge in [0.15, 0.2) is 5.69 Å². The van der Waals surface area contributed by atoms with Crippen LogP contribution in [-0.2, 0) is 6.54 Å². The molecule has 9 nitrogen and oxygen atoms in total. The number of benzene rings is 2. The molecule has 1 heterocycles. The number of aromatic nitrogens is 2. The summed E-state index contributed by atoms with van der Waals surface area (Å²) in [5, 5.41) is 19.0. The number of nitro groups is 1. The third-order valence-corrected chi connectivity index (χ3v) is 4.77. The average molecular weight is 420 g/mol. The van der Waals surface area contributed by atoms with Crippen molar-refractivity contribution in [1.29, 1.82) is 0 Å². The molecular formula is C22H24N6O3. The van der Waals surface area contributed by atoms with Gasteiger partial charge in [0.2, 0.25) is 0 Å². The Labute approximate surface area is 180 Å². The van der Waals surface area contributed by atoms with Crippen LogP contribution in [0.15, 0.2) is 65.9 Å². The van der Waals surface area contributed by atoms with E-state index in [1.54, 1.807) is 35.3 Å². The minimum atomic E-state index is -0.444. The number of carbonyl (C=O) groups excluding carboxylic acids is 1. The minimum Gasteiger partial charge on any atom is -0.372 e. The SMILES string of the molecule is CCN(CC)c1ccc(/C=N\NC(=O)c2ccn(Cc3ccc([N+](=O)[O-])cc3)n2)cc1. The Hall–Kier alpha value is -4.01. The summed E-state index contributed by atoms with van der Waals surface area (Å²) in [6, 6.07) is 15.7. The molecule has 31 heavy (non-hydrogen) atoms. The Balaban J connectivity index is 1.55. The van der Waals surface area contributed by atoms with Crippen molar-refractivity contribution in [3.63, 3.8) is 0 Å². The van der Waals surface area contributed by atoms with Crippen molar-refractivity contribution >= 4 is 23.5 Å². The highest BCUT2D eigenvalue weighted by Gasteiger charge is 2.10. The number of hydrogen-bond donors (Lipinski definition) is 1. The topological polar surface area (TPSA) is 106 Å². The molecule has 1 amide bonds. The van der Waals surface area contributed by atoms with Crippen LogP contribution in [0.2, 0.25) is 0 Å². The van der Waals surface area contributed by atoms with E-state index < -0.39 is 10.8 Å². The number of rotatable bonds is 9. The van der Waals surface area contributed by atoms with E-state index in [1.807, 2.05) is 24.3 Å². The number of anilines is 1. The highest BCUT2D eigenvalue weighted by molar-refractivity contribution is 5.93. The molecule has 2 aromatic carbocycles. The lowest BCUT2D eigenvalue weighted by atomic mass is 10.2. The molecular weight excluding hydrogens is 396 g/mol. The summed E-state index contributed by atoms with van der Waals surface area (Å²) in [5.41, 5.74) is 5.60. The first kappa shape index (κ1) is 21.7. The standard InChI is InChI=1S/C22H24N6O3/c1-3-26(4-2)19-9-5-17(6-10-19)15-23-24-22(29)21-13-14-27(25-21)16-18-7-11-20(12-8-18)28(30)31/h5-15H,3-4,16H2,1-2H3,(H,24,29)/b23-15-. The zero-order valence-corrected chi connectivity index (χ0v) is 17.4. The van der Waals surface area contributed by atoms with E-state index in [-0.39, 0.29) is 11.4 Å². The number of nitrogens with zero attached hydrogens (tertiary/aromatic N) is 5. The van der Waals surface area contributed by atoms with Crippen molar-refractivity contribution in [3.05, 3.63) is 87.7 Å². The van der Waals surface area contributed by atoms with E-state index in [2.05, 4.69) is 34.4 Å². The molecule has 0 radical (unpaired) electrons. The maximum absolute atomic E-state index is 12.3. The first-order valence-corrected chi connectivity index (χ1v) is 9.95. The second-order valence-corrected chi connectivity index (χ2v) is 6.79. The highest BCUT2D eigenvalue weighted by atomic mass is 16.6. The summed E-state index contributed by atoms with van der Waals surface area (Å²) in [6.07, 6.45) is 3.25. The predicted octanol–water partition coefficient (Wildman–Crippen LogP) is 3.45. The summed E-state index contributed by atoms with van der Waals surface area (Å²) >= 11 is 0. The monoisotopic (exact) mass is 420 g/mol. The van der Waals surface area contributed by atoms with Gasteiger partial charge in [-0.05, 0) is 43.2 Å². The van der Waals surface area contributed by atoms with Gasteiger partial charge < -0.3 is 4.90 Å². The van der Waals surface area contributed by atoms with Gasteiger partial charge in [0.25, 0.3) is 11.6 Å². The maximum Gasteiger partial charge on any atom is 0.291 e. The van der Waals surface area contributed by atoms with Gasteiger partial charge in [-0.1, -0.05) is 24.3 Å². The fraction of sp³-hybridized carbons (Fsp3) is 0.227. The Kier molecular flexibility index (Phi) is 7.10. The molecule has 0 bridgehead atoms. The number of amides is 1. The maximum atomic E-state index is 12.3. The fourth-order valence-corrected chi connectivity index (χ4v) is 3.06. The summed E-state index contributed by atoms with van der Waals surface area (Å²) in [5.74, 6) is -0.418. The van der Waals surface area contributed by atoms with Gasteiger partial charge in [0, 0.05) is 37.1 Å². The largest absolute Gasteiger partial charge is 0.372 e. The zero-order valence-electron chi connectivity index (χ0n) is 17.4. The van der Waals surface area contributed by atoms with E-state index in [4.69, 9.17) is 0 Å². The molecule has 1 N–H and O–H groups in total. The molecule has 0 aliphatic rings. The van der Waals surface area contributed by atoms with Gasteiger partial charge in [-0.2, -0.15) is 10.2 Å². The number of carbonyl (C=O) groups is 1. The zero-order chi connectivity index (χ0) is 22.2. The molecule has 0 fully saturated rings. The quantitative estimate of drug-likeness (QED) is 0.324. The van der Waals surface area contributed by atoms with Gasteiger partial charge in [0.05, 0.1) is 17.7 Å². The molecule has 0 unspecified atom stereocenters. The second kappa shape index (κ2) is 10.1. The van der Waals surface area contributed by atoms with Gasteiger partial charge in [-0.3, -0.25) is 19.6 Å². The van der Waals surface area contributed by atoms with Crippen LogP contribution in [0.4, 0.5) is 11.4 Å². The lowest BCUT2D eigenvalue weighted by Gasteiger charge is -2.20. The normalized spacial score (nSPS) is 10.9. The van der Waals surface area contributed by atoms with Crippen molar-refractivity contribution in [3.8, 4) is 0 Å². The fourth-order valence-electron chi connectivity index (χ4n) is 3.06. The number of hydrogen-bond acceptors (Lipinski definition) is 6. The Morgan fingerprint density at radius 3 is 2.42 bits per heavy atom. The summed E-state index contributed by atoms with van der Waals surface area (Å²) in [4.78, 5) is 24.8. The number of nitrogens with one attached hydrogen (secondary N) is 1. The Morgan fingerprint density at radius 1 is 1.13 bits per heavy atom. The summed E-state index contributed by atoms with van der Waals surface area (Å²) in [7, 11) is 0. The smallest absolute Gasteiger partial charge is 0.291 e. The third-order valence-electron chi connectivity index (χ3n) is 4.77. The van der Waals surface area contributed by atoms with Crippen LogP contribution < -0.4 is 10.3 Å². The molecule has 160 valence electrons. The molecule has 0 aliphatic carbocycles. The molecule has 0 saturated heterocycles. The van der Waals surface area contributed by atoms with Gasteiger partial charge >= 0.3 is 0 Å². The van der Waals surface area contributed by atoms with Crippen LogP contribution in [0, 0.1) is 10.1 Å². The van der Waals surface area contributed by atoms with Gasteiger partial charge in [-0.25, -0.2) is 5.43 Å². The lowest BCUT2D eigenvalue weighted by molar-refractivity contribution is -0.384. The summed E-state index contributed by atoms with van der Waals surface area (Å²) < 4.78 is 1.59. The van der Waals surface area contributed by atoms with Crippen LogP contribution in [0.1, 0.15) is 35.5 Å². The average Bonchev–Trinajstić information content (AvgIpc) is 3.24. The molecule has 3 aromatic rings. The van der Waals surface area contributed by atoms with Crippen LogP contribution >= 0.6 is 0 Å². The molecule has 0 atom stereocenters. The van der Waals surface area contributed by atoms with E-state index >= 15 is 0 Å². The lowest BCUT2D eigenvalue weighted by Crippen LogP contribution is -2.21. The number of non-ortho nitro benzene ring substituents is 1. The molecule has 0 aliphatic heterocycles. The summed E-state index contributed by atoms with van der Waals surface area (Å²) in [6.45, 7) is 6.50. The van der Waals surface area contributed by atoms with Crippen molar-refractivity contribution in [2.45, 2.75) is 20.4 Å². The third kappa shape index (κ3) is 5.75.